The topological polar surface area (TPSA) is 55.1 Å². The van der Waals surface area contributed by atoms with Crippen molar-refractivity contribution in [2.45, 2.75) is 62.8 Å². The summed E-state index contributed by atoms with van der Waals surface area (Å²) >= 11 is 0. The first-order valence-corrected chi connectivity index (χ1v) is 8.34. The number of benzene rings is 1. The average molecular weight is 286 g/mol. The van der Waals surface area contributed by atoms with Crippen LogP contribution in [0.3, 0.4) is 0 Å². The molecule has 1 unspecified atom stereocenters. The van der Waals surface area contributed by atoms with Crippen molar-refractivity contribution in [3.8, 4) is 0 Å². The van der Waals surface area contributed by atoms with Crippen molar-refractivity contribution in [3.63, 3.8) is 0 Å². The van der Waals surface area contributed by atoms with Gasteiger partial charge in [0.15, 0.2) is 0 Å². The largest absolute Gasteiger partial charge is 0.349 e. The van der Waals surface area contributed by atoms with Crippen LogP contribution in [0.5, 0.6) is 0 Å². The van der Waals surface area contributed by atoms with Gasteiger partial charge in [0, 0.05) is 6.54 Å². The predicted octanol–water partition coefficient (Wildman–Crippen LogP) is 2.88. The summed E-state index contributed by atoms with van der Waals surface area (Å²) in [5, 5.41) is 3.33. The Balaban J connectivity index is 1.77. The quantitative estimate of drug-likeness (QED) is 0.897. The fraction of sp³-hybridized carbons (Fsp3) is 0.611. The molecule has 0 saturated heterocycles. The van der Waals surface area contributed by atoms with Crippen LogP contribution in [0.15, 0.2) is 24.3 Å². The fourth-order valence-electron chi connectivity index (χ4n) is 3.98. The third-order valence-electron chi connectivity index (χ3n) is 5.28. The smallest absolute Gasteiger partial charge is 0.228 e. The number of aryl methyl sites for hydroxylation is 1. The third kappa shape index (κ3) is 2.98. The van der Waals surface area contributed by atoms with Gasteiger partial charge in [-0.15, -0.1) is 0 Å². The Morgan fingerprint density at radius 3 is 2.71 bits per heavy atom. The summed E-state index contributed by atoms with van der Waals surface area (Å²) in [6.07, 6.45) is 8.85. The molecule has 0 radical (unpaired) electrons. The Hall–Kier alpha value is -1.35. The van der Waals surface area contributed by atoms with Crippen molar-refractivity contribution < 1.29 is 4.79 Å². The van der Waals surface area contributed by atoms with E-state index in [2.05, 4.69) is 23.5 Å². The maximum absolute atomic E-state index is 12.8. The molecule has 3 N–H and O–H groups in total. The number of rotatable bonds is 3. The molecule has 0 spiro atoms. The summed E-state index contributed by atoms with van der Waals surface area (Å²) < 4.78 is 0. The molecular formula is C18H26N2O. The molecule has 0 aliphatic heterocycles. The van der Waals surface area contributed by atoms with Crippen LogP contribution in [0, 0.1) is 0 Å². The summed E-state index contributed by atoms with van der Waals surface area (Å²) in [5.41, 5.74) is 8.41. The summed E-state index contributed by atoms with van der Waals surface area (Å²) in [6.45, 7) is 0.563. The van der Waals surface area contributed by atoms with Gasteiger partial charge in [-0.05, 0) is 43.2 Å². The van der Waals surface area contributed by atoms with E-state index in [1.807, 2.05) is 6.07 Å². The lowest BCUT2D eigenvalue weighted by atomic mass is 9.79. The number of nitrogens with two attached hydrogens (primary N) is 1. The highest BCUT2D eigenvalue weighted by Gasteiger charge is 2.35. The van der Waals surface area contributed by atoms with Crippen LogP contribution in [0.1, 0.15) is 62.0 Å². The Labute approximate surface area is 127 Å². The van der Waals surface area contributed by atoms with E-state index in [1.54, 1.807) is 0 Å². The monoisotopic (exact) mass is 286 g/mol. The van der Waals surface area contributed by atoms with Gasteiger partial charge in [-0.25, -0.2) is 0 Å². The summed E-state index contributed by atoms with van der Waals surface area (Å²) in [6, 6.07) is 8.40. The van der Waals surface area contributed by atoms with E-state index < -0.39 is 0 Å². The van der Waals surface area contributed by atoms with Gasteiger partial charge in [-0.3, -0.25) is 4.79 Å². The zero-order valence-corrected chi connectivity index (χ0v) is 12.7. The first kappa shape index (κ1) is 14.6. The van der Waals surface area contributed by atoms with Crippen molar-refractivity contribution >= 4 is 5.91 Å². The van der Waals surface area contributed by atoms with Gasteiger partial charge in [-0.2, -0.15) is 0 Å². The Kier molecular flexibility index (Phi) is 4.29. The van der Waals surface area contributed by atoms with Crippen LogP contribution in [-0.4, -0.2) is 18.0 Å². The molecule has 3 heteroatoms. The minimum absolute atomic E-state index is 0.0142. The molecule has 1 saturated carbocycles. The lowest BCUT2D eigenvalue weighted by Crippen LogP contribution is -2.56. The van der Waals surface area contributed by atoms with Crippen molar-refractivity contribution in [1.82, 2.24) is 5.32 Å². The first-order valence-electron chi connectivity index (χ1n) is 8.34. The van der Waals surface area contributed by atoms with Crippen molar-refractivity contribution in [2.24, 2.45) is 5.73 Å². The number of nitrogens with one attached hydrogen (secondary N) is 1. The van der Waals surface area contributed by atoms with E-state index in [0.29, 0.717) is 6.54 Å². The average Bonchev–Trinajstić information content (AvgIpc) is 2.55. The number of carbonyl (C=O) groups is 1. The van der Waals surface area contributed by atoms with Crippen LogP contribution >= 0.6 is 0 Å². The highest BCUT2D eigenvalue weighted by molar-refractivity contribution is 5.85. The standard InChI is InChI=1S/C18H26N2O/c19-13-18(11-4-1-5-12-18)20-17(21)16-10-6-8-14-7-2-3-9-15(14)16/h2-3,7,9,16H,1,4-6,8,10-13,19H2,(H,20,21). The zero-order valence-electron chi connectivity index (χ0n) is 12.7. The van der Waals surface area contributed by atoms with Crippen molar-refractivity contribution in [1.29, 1.82) is 0 Å². The fourth-order valence-corrected chi connectivity index (χ4v) is 3.98. The van der Waals surface area contributed by atoms with Crippen LogP contribution in [0.2, 0.25) is 0 Å². The Morgan fingerprint density at radius 1 is 1.19 bits per heavy atom. The number of amides is 1. The van der Waals surface area contributed by atoms with Gasteiger partial charge in [-0.1, -0.05) is 43.5 Å². The molecule has 3 rings (SSSR count). The molecule has 1 atom stereocenters. The lowest BCUT2D eigenvalue weighted by molar-refractivity contribution is -0.125. The maximum Gasteiger partial charge on any atom is 0.228 e. The van der Waals surface area contributed by atoms with E-state index in [-0.39, 0.29) is 17.4 Å². The number of hydrogen-bond donors (Lipinski definition) is 2. The highest BCUT2D eigenvalue weighted by atomic mass is 16.2. The summed E-state index contributed by atoms with van der Waals surface area (Å²) in [4.78, 5) is 12.8. The van der Waals surface area contributed by atoms with Crippen molar-refractivity contribution in [3.05, 3.63) is 35.4 Å². The predicted molar refractivity (Wildman–Crippen MR) is 85.1 cm³/mol. The molecule has 2 aliphatic rings. The molecule has 1 aromatic carbocycles. The van der Waals surface area contributed by atoms with Gasteiger partial charge >= 0.3 is 0 Å². The Morgan fingerprint density at radius 2 is 1.95 bits per heavy atom. The SMILES string of the molecule is NCC1(NC(=O)C2CCCc3ccccc32)CCCCC1. The van der Waals surface area contributed by atoms with Crippen LogP contribution in [0.4, 0.5) is 0 Å². The number of fused-ring (bicyclic) bond motifs is 1. The van der Waals surface area contributed by atoms with Gasteiger partial charge in [0.05, 0.1) is 11.5 Å². The molecule has 21 heavy (non-hydrogen) atoms. The molecule has 1 amide bonds. The number of carbonyl (C=O) groups excluding carboxylic acids is 1. The summed E-state index contributed by atoms with van der Waals surface area (Å²) in [5.74, 6) is 0.204. The van der Waals surface area contributed by atoms with Gasteiger partial charge < -0.3 is 11.1 Å². The molecule has 1 fully saturated rings. The van der Waals surface area contributed by atoms with E-state index >= 15 is 0 Å². The van der Waals surface area contributed by atoms with E-state index in [9.17, 15) is 4.79 Å². The lowest BCUT2D eigenvalue weighted by Gasteiger charge is -2.39. The van der Waals surface area contributed by atoms with Crippen LogP contribution < -0.4 is 11.1 Å². The third-order valence-corrected chi connectivity index (χ3v) is 5.28. The second kappa shape index (κ2) is 6.18. The van der Waals surface area contributed by atoms with Crippen LogP contribution in [0.25, 0.3) is 0 Å². The van der Waals surface area contributed by atoms with Gasteiger partial charge in [0.25, 0.3) is 0 Å². The normalized spacial score (nSPS) is 24.1. The number of hydrogen-bond acceptors (Lipinski definition) is 2. The van der Waals surface area contributed by atoms with E-state index in [0.717, 1.165) is 32.1 Å². The van der Waals surface area contributed by atoms with Crippen LogP contribution in [-0.2, 0) is 11.2 Å². The van der Waals surface area contributed by atoms with E-state index in [4.69, 9.17) is 5.73 Å². The van der Waals surface area contributed by atoms with Crippen molar-refractivity contribution in [2.75, 3.05) is 6.54 Å². The molecule has 0 bridgehead atoms. The van der Waals surface area contributed by atoms with Gasteiger partial charge in [0.1, 0.15) is 0 Å². The second-order valence-corrected chi connectivity index (χ2v) is 6.68. The van der Waals surface area contributed by atoms with Gasteiger partial charge in [0.2, 0.25) is 5.91 Å². The molecular weight excluding hydrogens is 260 g/mol. The molecule has 3 nitrogen and oxygen atoms in total. The molecule has 114 valence electrons. The molecule has 1 aromatic rings. The van der Waals surface area contributed by atoms with E-state index in [1.165, 1.54) is 30.4 Å². The molecule has 0 aromatic heterocycles. The highest BCUT2D eigenvalue weighted by Crippen LogP contribution is 2.33. The first-order chi connectivity index (χ1) is 10.2. The zero-order chi connectivity index (χ0) is 14.7. The molecule has 2 aliphatic carbocycles. The summed E-state index contributed by atoms with van der Waals surface area (Å²) in [7, 11) is 0. The second-order valence-electron chi connectivity index (χ2n) is 6.68. The molecule has 0 heterocycles. The maximum atomic E-state index is 12.8. The Bertz CT molecular complexity index is 506. The minimum Gasteiger partial charge on any atom is -0.349 e. The minimum atomic E-state index is -0.151.